The minimum atomic E-state index is -0.624. The summed E-state index contributed by atoms with van der Waals surface area (Å²) in [6, 6.07) is 11.2. The second-order valence-electron chi connectivity index (χ2n) is 10.8. The van der Waals surface area contributed by atoms with Crippen LogP contribution in [-0.4, -0.2) is 22.5 Å². The van der Waals surface area contributed by atoms with Gasteiger partial charge in [0.1, 0.15) is 5.75 Å². The van der Waals surface area contributed by atoms with Gasteiger partial charge in [-0.2, -0.15) is 0 Å². The van der Waals surface area contributed by atoms with Gasteiger partial charge in [-0.15, -0.1) is 0 Å². The molecule has 0 fully saturated rings. The van der Waals surface area contributed by atoms with Crippen LogP contribution in [0.1, 0.15) is 120 Å². The average Bonchev–Trinajstić information content (AvgIpc) is 2.99. The lowest BCUT2D eigenvalue weighted by Crippen LogP contribution is -2.09. The quantitative estimate of drug-likeness (QED) is 0.0779. The number of unbranched alkanes of at least 4 members (excludes halogenated alkanes) is 12. The second kappa shape index (κ2) is 19.0. The van der Waals surface area contributed by atoms with Crippen molar-refractivity contribution in [3.05, 3.63) is 71.8 Å². The van der Waals surface area contributed by atoms with Gasteiger partial charge in [0.25, 0.3) is 0 Å². The summed E-state index contributed by atoms with van der Waals surface area (Å²) in [7, 11) is 0. The fourth-order valence-electron chi connectivity index (χ4n) is 4.74. The fraction of sp³-hybridized carbons (Fsp3) is 0.514. The first kappa shape index (κ1) is 32.2. The molecule has 0 atom stereocenters. The van der Waals surface area contributed by atoms with Crippen LogP contribution in [0.5, 0.6) is 11.5 Å². The number of hydrogen-bond acceptors (Lipinski definition) is 5. The molecule has 0 aliphatic heterocycles. The number of nitrogens with zero attached hydrogens (tertiary/aromatic N) is 2. The second-order valence-corrected chi connectivity index (χ2v) is 10.8. The Morgan fingerprint density at radius 1 is 0.732 bits per heavy atom. The van der Waals surface area contributed by atoms with E-state index in [4.69, 9.17) is 9.47 Å². The Balaban J connectivity index is 1.41. The Hall–Kier alpha value is -3.28. The SMILES string of the molecule is CCCCCCCCCCc1cnc(-c2ccc(OC(=O)c3ccc(OCCCCCCCC)c(F)c3)cc2)nc1. The Morgan fingerprint density at radius 3 is 1.93 bits per heavy atom. The minimum absolute atomic E-state index is 0.133. The molecule has 0 saturated carbocycles. The third kappa shape index (κ3) is 12.0. The highest BCUT2D eigenvalue weighted by Gasteiger charge is 2.13. The van der Waals surface area contributed by atoms with Gasteiger partial charge in [0.2, 0.25) is 0 Å². The predicted octanol–water partition coefficient (Wildman–Crippen LogP) is 9.92. The van der Waals surface area contributed by atoms with Crippen molar-refractivity contribution in [2.45, 2.75) is 110 Å². The van der Waals surface area contributed by atoms with Crippen molar-refractivity contribution in [3.63, 3.8) is 0 Å². The van der Waals surface area contributed by atoms with Gasteiger partial charge < -0.3 is 9.47 Å². The van der Waals surface area contributed by atoms with Gasteiger partial charge in [0.05, 0.1) is 12.2 Å². The highest BCUT2D eigenvalue weighted by Crippen LogP contribution is 2.23. The van der Waals surface area contributed by atoms with Gasteiger partial charge in [-0.1, -0.05) is 90.9 Å². The maximum atomic E-state index is 14.5. The van der Waals surface area contributed by atoms with Gasteiger partial charge in [-0.25, -0.2) is 19.2 Å². The highest BCUT2D eigenvalue weighted by molar-refractivity contribution is 5.91. The number of rotatable bonds is 20. The van der Waals surface area contributed by atoms with E-state index in [1.165, 1.54) is 82.8 Å². The molecule has 1 aromatic heterocycles. The fourth-order valence-corrected chi connectivity index (χ4v) is 4.74. The van der Waals surface area contributed by atoms with Gasteiger partial charge in [0.15, 0.2) is 17.4 Å². The van der Waals surface area contributed by atoms with Crippen molar-refractivity contribution >= 4 is 5.97 Å². The Bertz CT molecular complexity index is 1150. The zero-order valence-corrected chi connectivity index (χ0v) is 25.0. The first-order valence-electron chi connectivity index (χ1n) is 15.7. The average molecular weight is 563 g/mol. The molecule has 0 N–H and O–H groups in total. The van der Waals surface area contributed by atoms with Crippen molar-refractivity contribution in [3.8, 4) is 22.9 Å². The predicted molar refractivity (Wildman–Crippen MR) is 164 cm³/mol. The smallest absolute Gasteiger partial charge is 0.343 e. The van der Waals surface area contributed by atoms with Gasteiger partial charge in [0, 0.05) is 18.0 Å². The van der Waals surface area contributed by atoms with E-state index in [-0.39, 0.29) is 11.3 Å². The molecule has 0 bridgehead atoms. The van der Waals surface area contributed by atoms with Crippen molar-refractivity contribution in [1.82, 2.24) is 9.97 Å². The molecule has 3 rings (SSSR count). The van der Waals surface area contributed by atoms with Crippen LogP contribution in [0.15, 0.2) is 54.9 Å². The number of esters is 1. The van der Waals surface area contributed by atoms with E-state index in [1.807, 2.05) is 24.5 Å². The van der Waals surface area contributed by atoms with Crippen LogP contribution in [0.4, 0.5) is 4.39 Å². The van der Waals surface area contributed by atoms with Gasteiger partial charge >= 0.3 is 5.97 Å². The molecule has 0 saturated heterocycles. The van der Waals surface area contributed by atoms with Crippen LogP contribution in [0.25, 0.3) is 11.4 Å². The third-order valence-corrected chi connectivity index (χ3v) is 7.27. The van der Waals surface area contributed by atoms with Crippen LogP contribution < -0.4 is 9.47 Å². The van der Waals surface area contributed by atoms with Gasteiger partial charge in [-0.3, -0.25) is 0 Å². The lowest BCUT2D eigenvalue weighted by atomic mass is 10.1. The van der Waals surface area contributed by atoms with Crippen LogP contribution in [0.3, 0.4) is 0 Å². The van der Waals surface area contributed by atoms with Crippen LogP contribution in [0.2, 0.25) is 0 Å². The molecule has 5 nitrogen and oxygen atoms in total. The zero-order chi connectivity index (χ0) is 29.1. The lowest BCUT2D eigenvalue weighted by Gasteiger charge is -2.09. The molecule has 3 aromatic rings. The number of hydrogen-bond donors (Lipinski definition) is 0. The van der Waals surface area contributed by atoms with E-state index in [0.29, 0.717) is 18.2 Å². The van der Waals surface area contributed by atoms with E-state index in [0.717, 1.165) is 42.9 Å². The summed E-state index contributed by atoms with van der Waals surface area (Å²) in [4.78, 5) is 21.6. The monoisotopic (exact) mass is 562 g/mol. The largest absolute Gasteiger partial charge is 0.491 e. The molecule has 0 amide bonds. The summed E-state index contributed by atoms with van der Waals surface area (Å²) >= 11 is 0. The first-order chi connectivity index (χ1) is 20.1. The van der Waals surface area contributed by atoms with E-state index >= 15 is 0 Å². The van der Waals surface area contributed by atoms with Crippen molar-refractivity contribution in [1.29, 1.82) is 0 Å². The van der Waals surface area contributed by atoms with Crippen LogP contribution >= 0.6 is 0 Å². The molecule has 41 heavy (non-hydrogen) atoms. The zero-order valence-electron chi connectivity index (χ0n) is 25.0. The van der Waals surface area contributed by atoms with E-state index in [9.17, 15) is 9.18 Å². The molecule has 0 radical (unpaired) electrons. The molecule has 0 aliphatic carbocycles. The number of carbonyl (C=O) groups excluding carboxylic acids is 1. The molecule has 222 valence electrons. The van der Waals surface area contributed by atoms with Crippen molar-refractivity contribution in [2.75, 3.05) is 6.61 Å². The third-order valence-electron chi connectivity index (χ3n) is 7.27. The van der Waals surface area contributed by atoms with E-state index < -0.39 is 11.8 Å². The Morgan fingerprint density at radius 2 is 1.32 bits per heavy atom. The summed E-state index contributed by atoms with van der Waals surface area (Å²) in [5, 5.41) is 0. The number of ether oxygens (including phenoxy) is 2. The van der Waals surface area contributed by atoms with E-state index in [2.05, 4.69) is 23.8 Å². The summed E-state index contributed by atoms with van der Waals surface area (Å²) in [6.45, 7) is 4.90. The normalized spacial score (nSPS) is 11.0. The number of aryl methyl sites for hydroxylation is 1. The topological polar surface area (TPSA) is 61.3 Å². The van der Waals surface area contributed by atoms with E-state index in [1.54, 1.807) is 12.1 Å². The van der Waals surface area contributed by atoms with Crippen molar-refractivity contribution in [2.24, 2.45) is 0 Å². The maximum Gasteiger partial charge on any atom is 0.343 e. The molecule has 0 aliphatic rings. The Labute approximate surface area is 245 Å². The summed E-state index contributed by atoms with van der Waals surface area (Å²) in [5.41, 5.74) is 2.12. The molecule has 0 unspecified atom stereocenters. The highest BCUT2D eigenvalue weighted by atomic mass is 19.1. The summed E-state index contributed by atoms with van der Waals surface area (Å²) in [6.07, 6.45) is 22.0. The number of benzene rings is 2. The number of aromatic nitrogens is 2. The van der Waals surface area contributed by atoms with Crippen molar-refractivity contribution < 1.29 is 18.7 Å². The summed E-state index contributed by atoms with van der Waals surface area (Å²) < 4.78 is 25.5. The standard InChI is InChI=1S/C35H47FN2O3/c1-3-5-7-9-11-12-13-15-17-28-26-37-34(38-27-28)29-18-21-31(22-19-29)41-35(39)30-20-23-33(32(36)25-30)40-24-16-14-10-8-6-4-2/h18-23,25-27H,3-17,24H2,1-2H3. The maximum absolute atomic E-state index is 14.5. The molecule has 2 aromatic carbocycles. The molecule has 1 heterocycles. The molecular formula is C35H47FN2O3. The summed E-state index contributed by atoms with van der Waals surface area (Å²) in [5.74, 6) is -0.0391. The molecule has 6 heteroatoms. The van der Waals surface area contributed by atoms with Crippen LogP contribution in [0, 0.1) is 5.82 Å². The number of carbonyl (C=O) groups is 1. The van der Waals surface area contributed by atoms with Crippen LogP contribution in [-0.2, 0) is 6.42 Å². The number of halogens is 1. The lowest BCUT2D eigenvalue weighted by molar-refractivity contribution is 0.0734. The Kier molecular flexibility index (Phi) is 14.9. The molecule has 0 spiro atoms. The van der Waals surface area contributed by atoms with Gasteiger partial charge in [-0.05, 0) is 67.3 Å². The first-order valence-corrected chi connectivity index (χ1v) is 15.7. The molecular weight excluding hydrogens is 515 g/mol. The minimum Gasteiger partial charge on any atom is -0.491 e.